The molecule has 20 heavy (non-hydrogen) atoms. The third-order valence-electron chi connectivity index (χ3n) is 3.57. The first kappa shape index (κ1) is 15.3. The van der Waals surface area contributed by atoms with Crippen molar-refractivity contribution in [3.05, 3.63) is 15.9 Å². The molecule has 0 bridgehead atoms. The Kier molecular flexibility index (Phi) is 5.79. The van der Waals surface area contributed by atoms with Gasteiger partial charge in [0.1, 0.15) is 6.54 Å². The number of carbonyl (C=O) groups is 1. The summed E-state index contributed by atoms with van der Waals surface area (Å²) in [6.07, 6.45) is 5.96. The van der Waals surface area contributed by atoms with Crippen LogP contribution in [-0.4, -0.2) is 28.8 Å². The number of hydrogen-bond acceptors (Lipinski definition) is 5. The summed E-state index contributed by atoms with van der Waals surface area (Å²) in [5.74, 6) is -0.304. The van der Waals surface area contributed by atoms with Gasteiger partial charge in [0.05, 0.1) is 18.9 Å². The van der Waals surface area contributed by atoms with E-state index >= 15 is 0 Å². The van der Waals surface area contributed by atoms with Crippen LogP contribution in [0.15, 0.2) is 10.4 Å². The van der Waals surface area contributed by atoms with Crippen molar-refractivity contribution in [1.29, 1.82) is 0 Å². The van der Waals surface area contributed by atoms with Crippen molar-refractivity contribution in [2.45, 2.75) is 51.7 Å². The summed E-state index contributed by atoms with van der Waals surface area (Å²) in [6, 6.07) is 0.401. The zero-order chi connectivity index (χ0) is 14.4. The van der Waals surface area contributed by atoms with Gasteiger partial charge in [-0.15, -0.1) is 11.3 Å². The molecule has 1 fully saturated rings. The number of rotatable bonds is 5. The molecule has 0 spiro atoms. The zero-order valence-electron chi connectivity index (χ0n) is 11.9. The molecule has 1 N–H and O–H groups in total. The molecule has 1 aliphatic rings. The van der Waals surface area contributed by atoms with Gasteiger partial charge in [-0.3, -0.25) is 4.79 Å². The van der Waals surface area contributed by atoms with E-state index in [9.17, 15) is 9.90 Å². The molecule has 6 heteroatoms. The number of thiazole rings is 1. The number of aromatic nitrogens is 1. The number of nitrogens with zero attached hydrogens (tertiary/aromatic N) is 2. The number of esters is 1. The Morgan fingerprint density at radius 3 is 2.90 bits per heavy atom. The molecular formula is C14H22N2O3S. The average Bonchev–Trinajstić information content (AvgIpc) is 2.89. The van der Waals surface area contributed by atoms with E-state index < -0.39 is 0 Å². The molecule has 112 valence electrons. The minimum Gasteiger partial charge on any atom is -0.465 e. The van der Waals surface area contributed by atoms with Crippen molar-refractivity contribution >= 4 is 17.3 Å². The highest BCUT2D eigenvalue weighted by molar-refractivity contribution is 7.07. The lowest BCUT2D eigenvalue weighted by atomic mass is 9.95. The molecule has 0 unspecified atom stereocenters. The van der Waals surface area contributed by atoms with Crippen LogP contribution in [0.1, 0.15) is 50.8 Å². The Bertz CT molecular complexity index is 501. The van der Waals surface area contributed by atoms with Gasteiger partial charge < -0.3 is 14.4 Å². The average molecular weight is 298 g/mol. The van der Waals surface area contributed by atoms with E-state index in [2.05, 4.69) is 9.56 Å². The summed E-state index contributed by atoms with van der Waals surface area (Å²) in [6.45, 7) is 2.23. The largest absolute Gasteiger partial charge is 0.465 e. The van der Waals surface area contributed by atoms with Gasteiger partial charge in [0.25, 0.3) is 0 Å². The van der Waals surface area contributed by atoms with Gasteiger partial charge in [0, 0.05) is 11.4 Å². The monoisotopic (exact) mass is 298 g/mol. The number of ether oxygens (including phenoxy) is 1. The first-order valence-corrected chi connectivity index (χ1v) is 8.10. The topological polar surface area (TPSA) is 63.8 Å². The summed E-state index contributed by atoms with van der Waals surface area (Å²) in [5.41, 5.74) is 0.893. The molecule has 2 rings (SSSR count). The van der Waals surface area contributed by atoms with E-state index in [1.165, 1.54) is 30.6 Å². The van der Waals surface area contributed by atoms with Crippen molar-refractivity contribution < 1.29 is 14.6 Å². The maximum Gasteiger partial charge on any atom is 0.327 e. The summed E-state index contributed by atoms with van der Waals surface area (Å²) < 4.78 is 7.01. The van der Waals surface area contributed by atoms with E-state index in [4.69, 9.17) is 4.74 Å². The number of aliphatic hydroxyl groups is 1. The van der Waals surface area contributed by atoms with Crippen molar-refractivity contribution in [3.8, 4) is 0 Å². The normalized spacial score (nSPS) is 17.4. The maximum atomic E-state index is 11.4. The van der Waals surface area contributed by atoms with Crippen molar-refractivity contribution in [1.82, 2.24) is 4.57 Å². The second-order valence-corrected chi connectivity index (χ2v) is 5.79. The number of carbonyl (C=O) groups excluding carboxylic acids is 1. The molecule has 5 nitrogen and oxygen atoms in total. The molecule has 0 saturated heterocycles. The Labute approximate surface area is 122 Å². The first-order chi connectivity index (χ1) is 9.76. The van der Waals surface area contributed by atoms with Crippen LogP contribution in [0.5, 0.6) is 0 Å². The third-order valence-corrected chi connectivity index (χ3v) is 4.49. The predicted octanol–water partition coefficient (Wildman–Crippen LogP) is 2.01. The highest BCUT2D eigenvalue weighted by Crippen LogP contribution is 2.28. The van der Waals surface area contributed by atoms with Gasteiger partial charge in [0.2, 0.25) is 0 Å². The fourth-order valence-electron chi connectivity index (χ4n) is 2.65. The van der Waals surface area contributed by atoms with Crippen LogP contribution in [0.3, 0.4) is 0 Å². The second-order valence-electron chi connectivity index (χ2n) is 4.95. The Hall–Kier alpha value is -1.14. The van der Waals surface area contributed by atoms with Gasteiger partial charge in [-0.25, -0.2) is 4.99 Å². The van der Waals surface area contributed by atoms with Crippen molar-refractivity contribution in [2.24, 2.45) is 4.99 Å². The Morgan fingerprint density at radius 2 is 2.25 bits per heavy atom. The molecule has 1 aromatic rings. The molecule has 1 aliphatic carbocycles. The van der Waals surface area contributed by atoms with E-state index in [1.54, 1.807) is 6.92 Å². The lowest BCUT2D eigenvalue weighted by Gasteiger charge is -2.24. The molecule has 1 saturated carbocycles. The van der Waals surface area contributed by atoms with Crippen LogP contribution in [0.2, 0.25) is 0 Å². The lowest BCUT2D eigenvalue weighted by molar-refractivity contribution is -0.141. The summed E-state index contributed by atoms with van der Waals surface area (Å²) in [4.78, 5) is 16.6. The number of hydrogen-bond donors (Lipinski definition) is 1. The van der Waals surface area contributed by atoms with Crippen LogP contribution in [0.4, 0.5) is 0 Å². The van der Waals surface area contributed by atoms with E-state index in [0.717, 1.165) is 23.3 Å². The molecule has 0 aliphatic heterocycles. The molecule has 1 heterocycles. The van der Waals surface area contributed by atoms with Crippen molar-refractivity contribution in [3.63, 3.8) is 0 Å². The first-order valence-electron chi connectivity index (χ1n) is 7.22. The van der Waals surface area contributed by atoms with Crippen molar-refractivity contribution in [2.75, 3.05) is 13.2 Å². The van der Waals surface area contributed by atoms with Gasteiger partial charge >= 0.3 is 5.97 Å². The molecule has 1 aromatic heterocycles. The Morgan fingerprint density at radius 1 is 1.50 bits per heavy atom. The van der Waals surface area contributed by atoms with Gasteiger partial charge in [0.15, 0.2) is 4.80 Å². The van der Waals surface area contributed by atoms with E-state index in [0.29, 0.717) is 12.6 Å². The summed E-state index contributed by atoms with van der Waals surface area (Å²) >= 11 is 1.48. The highest BCUT2D eigenvalue weighted by atomic mass is 32.1. The van der Waals surface area contributed by atoms with E-state index in [1.807, 2.05) is 5.38 Å². The van der Waals surface area contributed by atoms with Crippen LogP contribution < -0.4 is 4.80 Å². The fourth-order valence-corrected chi connectivity index (χ4v) is 3.60. The Balaban J connectivity index is 2.21. The fraction of sp³-hybridized carbons (Fsp3) is 0.714. The second kappa shape index (κ2) is 7.59. The molecule has 0 radical (unpaired) electrons. The SMILES string of the molecule is CCOC(=O)C/N=c1\scc(CO)n1C1CCCCC1. The molecule has 0 aromatic carbocycles. The smallest absolute Gasteiger partial charge is 0.327 e. The minimum absolute atomic E-state index is 0.0158. The van der Waals surface area contributed by atoms with Crippen LogP contribution in [0, 0.1) is 0 Å². The summed E-state index contributed by atoms with van der Waals surface area (Å²) in [5, 5.41) is 11.4. The standard InChI is InChI=1S/C14H22N2O3S/c1-2-19-13(18)8-15-14-16(12(9-17)10-20-14)11-6-4-3-5-7-11/h10-11,17H,2-9H2,1H3/b15-14-. The maximum absolute atomic E-state index is 11.4. The minimum atomic E-state index is -0.304. The van der Waals surface area contributed by atoms with Crippen LogP contribution >= 0.6 is 11.3 Å². The highest BCUT2D eigenvalue weighted by Gasteiger charge is 2.19. The van der Waals surface area contributed by atoms with Gasteiger partial charge in [-0.1, -0.05) is 19.3 Å². The summed E-state index contributed by atoms with van der Waals surface area (Å²) in [7, 11) is 0. The molecule has 0 atom stereocenters. The molecular weight excluding hydrogens is 276 g/mol. The predicted molar refractivity (Wildman–Crippen MR) is 77.4 cm³/mol. The molecule has 0 amide bonds. The number of aliphatic hydroxyl groups excluding tert-OH is 1. The van der Waals surface area contributed by atoms with E-state index in [-0.39, 0.29) is 19.1 Å². The van der Waals surface area contributed by atoms with Crippen LogP contribution in [0.25, 0.3) is 0 Å². The third kappa shape index (κ3) is 3.70. The van der Waals surface area contributed by atoms with Crippen LogP contribution in [-0.2, 0) is 16.1 Å². The van der Waals surface area contributed by atoms with Gasteiger partial charge in [-0.2, -0.15) is 0 Å². The lowest BCUT2D eigenvalue weighted by Crippen LogP contribution is -2.26. The van der Waals surface area contributed by atoms with Gasteiger partial charge in [-0.05, 0) is 19.8 Å². The zero-order valence-corrected chi connectivity index (χ0v) is 12.7. The quantitative estimate of drug-likeness (QED) is 0.846.